The van der Waals surface area contributed by atoms with Crippen molar-refractivity contribution in [3.63, 3.8) is 0 Å². The van der Waals surface area contributed by atoms with Gasteiger partial charge < -0.3 is 9.64 Å². The summed E-state index contributed by atoms with van der Waals surface area (Å²) >= 11 is 3.76. The number of aryl methyl sites for hydroxylation is 1. The van der Waals surface area contributed by atoms with Gasteiger partial charge >= 0.3 is 0 Å². The number of carbonyl (C=O) groups is 1. The van der Waals surface area contributed by atoms with Gasteiger partial charge in [0.05, 0.1) is 17.3 Å². The summed E-state index contributed by atoms with van der Waals surface area (Å²) in [5.41, 5.74) is 3.09. The molecule has 1 unspecified atom stereocenters. The van der Waals surface area contributed by atoms with Crippen LogP contribution in [-0.4, -0.2) is 71.1 Å². The first-order valence-electron chi connectivity index (χ1n) is 7.54. The van der Waals surface area contributed by atoms with Crippen LogP contribution in [0.4, 0.5) is 0 Å². The molecule has 0 saturated carbocycles. The molecule has 3 rings (SSSR count). The Morgan fingerprint density at radius 2 is 2.32 bits per heavy atom. The summed E-state index contributed by atoms with van der Waals surface area (Å²) < 4.78 is 6.13. The number of ether oxygens (including phenoxy) is 1. The van der Waals surface area contributed by atoms with Crippen LogP contribution in [0.15, 0.2) is 5.51 Å². The molecule has 1 aromatic rings. The predicted molar refractivity (Wildman–Crippen MR) is 90.4 cm³/mol. The maximum atomic E-state index is 11.6. The van der Waals surface area contributed by atoms with Crippen LogP contribution < -0.4 is 0 Å². The van der Waals surface area contributed by atoms with Gasteiger partial charge in [-0.25, -0.2) is 4.98 Å². The molecule has 0 radical (unpaired) electrons. The first kappa shape index (κ1) is 16.2. The van der Waals surface area contributed by atoms with E-state index in [-0.39, 0.29) is 18.6 Å². The summed E-state index contributed by atoms with van der Waals surface area (Å²) in [6.45, 7) is 5.55. The molecule has 122 valence electrons. The zero-order valence-corrected chi connectivity index (χ0v) is 15.0. The fourth-order valence-electron chi connectivity index (χ4n) is 3.01. The number of aromatic nitrogens is 1. The number of thioether (sulfide) groups is 1. The van der Waals surface area contributed by atoms with E-state index in [0.29, 0.717) is 4.75 Å². The number of rotatable bonds is 5. The molecule has 2 fully saturated rings. The Kier molecular flexibility index (Phi) is 4.77. The van der Waals surface area contributed by atoms with Crippen LogP contribution in [0.5, 0.6) is 0 Å². The standard InChI is InChI=1S/C15H23N3O2S2/c1-11-13(21-10-16-11)5-18-8-15(9-18)4-12(7-22-15)20-6-14(19)17(2)3/h10,12H,4-9H2,1-3H3. The quantitative estimate of drug-likeness (QED) is 0.814. The second-order valence-corrected chi connectivity index (χ2v) is 8.85. The minimum absolute atomic E-state index is 0.0434. The Hall–Kier alpha value is -0.630. The second-order valence-electron chi connectivity index (χ2n) is 6.43. The largest absolute Gasteiger partial charge is 0.367 e. The highest BCUT2D eigenvalue weighted by atomic mass is 32.2. The molecular weight excluding hydrogens is 318 g/mol. The minimum Gasteiger partial charge on any atom is -0.367 e. The number of nitrogens with zero attached hydrogens (tertiary/aromatic N) is 3. The molecule has 1 aromatic heterocycles. The highest BCUT2D eigenvalue weighted by Gasteiger charge is 2.49. The van der Waals surface area contributed by atoms with Crippen molar-refractivity contribution in [3.8, 4) is 0 Å². The van der Waals surface area contributed by atoms with Crippen molar-refractivity contribution >= 4 is 29.0 Å². The lowest BCUT2D eigenvalue weighted by Crippen LogP contribution is -2.58. The van der Waals surface area contributed by atoms with E-state index in [1.165, 1.54) is 4.88 Å². The van der Waals surface area contributed by atoms with Crippen molar-refractivity contribution < 1.29 is 9.53 Å². The van der Waals surface area contributed by atoms with E-state index in [1.807, 2.05) is 17.3 Å². The molecule has 5 nitrogen and oxygen atoms in total. The third kappa shape index (κ3) is 3.48. The van der Waals surface area contributed by atoms with Gasteiger partial charge in [-0.05, 0) is 13.3 Å². The molecule has 7 heteroatoms. The smallest absolute Gasteiger partial charge is 0.248 e. The highest BCUT2D eigenvalue weighted by molar-refractivity contribution is 8.01. The van der Waals surface area contributed by atoms with Crippen LogP contribution in [0.25, 0.3) is 0 Å². The molecule has 22 heavy (non-hydrogen) atoms. The number of likely N-dealkylation sites (tertiary alicyclic amines) is 1. The number of carbonyl (C=O) groups excluding carboxylic acids is 1. The van der Waals surface area contributed by atoms with Gasteiger partial charge in [-0.3, -0.25) is 9.69 Å². The Morgan fingerprint density at radius 1 is 1.55 bits per heavy atom. The lowest BCUT2D eigenvalue weighted by molar-refractivity contribution is -0.135. The van der Waals surface area contributed by atoms with E-state index in [2.05, 4.69) is 16.8 Å². The minimum atomic E-state index is 0.0434. The second kappa shape index (κ2) is 6.47. The van der Waals surface area contributed by atoms with E-state index in [9.17, 15) is 4.79 Å². The van der Waals surface area contributed by atoms with Gasteiger partial charge in [-0.15, -0.1) is 23.1 Å². The van der Waals surface area contributed by atoms with Gasteiger partial charge in [0, 0.05) is 49.1 Å². The normalized spacial score (nSPS) is 23.7. The van der Waals surface area contributed by atoms with Gasteiger partial charge in [0.1, 0.15) is 6.61 Å². The first-order valence-corrected chi connectivity index (χ1v) is 9.41. The lowest BCUT2D eigenvalue weighted by Gasteiger charge is -2.47. The van der Waals surface area contributed by atoms with Crippen LogP contribution in [-0.2, 0) is 16.1 Å². The summed E-state index contributed by atoms with van der Waals surface area (Å²) in [4.78, 5) is 21.3. The topological polar surface area (TPSA) is 45.7 Å². The molecule has 2 aliphatic rings. The Morgan fingerprint density at radius 3 is 2.95 bits per heavy atom. The monoisotopic (exact) mass is 341 g/mol. The Balaban J connectivity index is 1.42. The zero-order valence-electron chi connectivity index (χ0n) is 13.4. The van der Waals surface area contributed by atoms with E-state index in [4.69, 9.17) is 4.74 Å². The molecular formula is C15H23N3O2S2. The van der Waals surface area contributed by atoms with Crippen LogP contribution in [0.1, 0.15) is 17.0 Å². The first-order chi connectivity index (χ1) is 10.5. The molecule has 0 N–H and O–H groups in total. The zero-order chi connectivity index (χ0) is 15.7. The van der Waals surface area contributed by atoms with Crippen LogP contribution in [0, 0.1) is 6.92 Å². The molecule has 2 saturated heterocycles. The number of hydrogen-bond donors (Lipinski definition) is 0. The van der Waals surface area contributed by atoms with Crippen molar-refractivity contribution in [1.29, 1.82) is 0 Å². The highest BCUT2D eigenvalue weighted by Crippen LogP contribution is 2.46. The maximum Gasteiger partial charge on any atom is 0.248 e. The van der Waals surface area contributed by atoms with Crippen LogP contribution in [0.2, 0.25) is 0 Å². The third-order valence-electron chi connectivity index (χ3n) is 4.35. The van der Waals surface area contributed by atoms with Crippen molar-refractivity contribution in [2.45, 2.75) is 30.7 Å². The van der Waals surface area contributed by atoms with Gasteiger partial charge in [0.2, 0.25) is 5.91 Å². The summed E-state index contributed by atoms with van der Waals surface area (Å²) in [6.07, 6.45) is 1.29. The maximum absolute atomic E-state index is 11.6. The lowest BCUT2D eigenvalue weighted by atomic mass is 9.93. The van der Waals surface area contributed by atoms with Crippen molar-refractivity contribution in [1.82, 2.24) is 14.8 Å². The molecule has 1 spiro atoms. The van der Waals surface area contributed by atoms with E-state index in [0.717, 1.165) is 37.5 Å². The number of hydrogen-bond acceptors (Lipinski definition) is 6. The van der Waals surface area contributed by atoms with Crippen molar-refractivity contribution in [2.75, 3.05) is 39.5 Å². The average Bonchev–Trinajstić information content (AvgIpc) is 3.03. The molecule has 3 heterocycles. The summed E-state index contributed by atoms with van der Waals surface area (Å²) in [7, 11) is 3.53. The molecule has 0 aromatic carbocycles. The van der Waals surface area contributed by atoms with Gasteiger partial charge in [0.25, 0.3) is 0 Å². The SMILES string of the molecule is Cc1ncsc1CN1CC2(CC(OCC(=O)N(C)C)CS2)C1. The summed E-state index contributed by atoms with van der Waals surface area (Å²) in [6, 6.07) is 0. The molecule has 0 bridgehead atoms. The van der Waals surface area contributed by atoms with Crippen molar-refractivity contribution in [3.05, 3.63) is 16.1 Å². The molecule has 0 aliphatic carbocycles. The van der Waals surface area contributed by atoms with Crippen LogP contribution >= 0.6 is 23.1 Å². The van der Waals surface area contributed by atoms with Gasteiger partial charge in [0.15, 0.2) is 0 Å². The average molecular weight is 342 g/mol. The third-order valence-corrected chi connectivity index (χ3v) is 6.85. The van der Waals surface area contributed by atoms with E-state index < -0.39 is 0 Å². The van der Waals surface area contributed by atoms with E-state index in [1.54, 1.807) is 30.3 Å². The number of thiazole rings is 1. The number of amides is 1. The fourth-order valence-corrected chi connectivity index (χ4v) is 5.43. The van der Waals surface area contributed by atoms with Crippen molar-refractivity contribution in [2.24, 2.45) is 0 Å². The molecule has 2 aliphatic heterocycles. The van der Waals surface area contributed by atoms with E-state index >= 15 is 0 Å². The van der Waals surface area contributed by atoms with Crippen LogP contribution in [0.3, 0.4) is 0 Å². The molecule has 1 amide bonds. The predicted octanol–water partition coefficient (Wildman–Crippen LogP) is 1.62. The molecule has 1 atom stereocenters. The summed E-state index contributed by atoms with van der Waals surface area (Å²) in [5.74, 6) is 1.05. The van der Waals surface area contributed by atoms with Gasteiger partial charge in [-0.1, -0.05) is 0 Å². The Labute approximate surface area is 140 Å². The number of likely N-dealkylation sites (N-methyl/N-ethyl adjacent to an activating group) is 1. The van der Waals surface area contributed by atoms with Gasteiger partial charge in [-0.2, -0.15) is 0 Å². The fraction of sp³-hybridized carbons (Fsp3) is 0.733. The Bertz CT molecular complexity index is 541. The summed E-state index contributed by atoms with van der Waals surface area (Å²) in [5, 5.41) is 0.